The number of hydrogen-bond donors (Lipinski definition) is 2. The number of hydrogen-bond acceptors (Lipinski definition) is 4. The first kappa shape index (κ1) is 20.6. The largest absolute Gasteiger partial charge is 0.508 e. The molecule has 0 spiro atoms. The highest BCUT2D eigenvalue weighted by atomic mass is 16.3. The van der Waals surface area contributed by atoms with Gasteiger partial charge in [0.25, 0.3) is 5.91 Å². The number of carbonyl (C=O) groups excluding carboxylic acids is 2. The molecule has 152 valence electrons. The zero-order chi connectivity index (χ0) is 21.3. The number of Topliss-reactive ketones (excluding diaryl/α,β-unsaturated/α-hetero) is 1. The second-order valence-corrected chi connectivity index (χ2v) is 8.14. The maximum Gasteiger partial charge on any atom is 0.290 e. The molecule has 0 bridgehead atoms. The van der Waals surface area contributed by atoms with Crippen LogP contribution < -0.4 is 0 Å². The zero-order valence-electron chi connectivity index (χ0n) is 17.3. The van der Waals surface area contributed by atoms with Crippen molar-refractivity contribution in [1.82, 2.24) is 4.90 Å². The van der Waals surface area contributed by atoms with Gasteiger partial charge in [0.05, 0.1) is 11.6 Å². The first-order valence-electron chi connectivity index (χ1n) is 9.81. The number of ketones is 1. The van der Waals surface area contributed by atoms with Crippen LogP contribution in [0.5, 0.6) is 5.75 Å². The van der Waals surface area contributed by atoms with E-state index >= 15 is 0 Å². The third kappa shape index (κ3) is 4.19. The van der Waals surface area contributed by atoms with Crippen LogP contribution in [0.3, 0.4) is 0 Å². The van der Waals surface area contributed by atoms with Crippen molar-refractivity contribution in [1.29, 1.82) is 0 Å². The third-order valence-electron chi connectivity index (χ3n) is 5.25. The van der Waals surface area contributed by atoms with Crippen LogP contribution >= 0.6 is 0 Å². The Morgan fingerprint density at radius 1 is 1.07 bits per heavy atom. The van der Waals surface area contributed by atoms with Crippen molar-refractivity contribution in [2.45, 2.75) is 46.7 Å². The van der Waals surface area contributed by atoms with E-state index in [1.165, 1.54) is 17.0 Å². The lowest BCUT2D eigenvalue weighted by Gasteiger charge is -2.28. The van der Waals surface area contributed by atoms with Gasteiger partial charge in [0.15, 0.2) is 11.5 Å². The second kappa shape index (κ2) is 8.11. The van der Waals surface area contributed by atoms with Gasteiger partial charge >= 0.3 is 0 Å². The monoisotopic (exact) mass is 393 g/mol. The minimum Gasteiger partial charge on any atom is -0.508 e. The van der Waals surface area contributed by atoms with Gasteiger partial charge in [-0.25, -0.2) is 0 Å². The van der Waals surface area contributed by atoms with Gasteiger partial charge in [0.1, 0.15) is 5.75 Å². The summed E-state index contributed by atoms with van der Waals surface area (Å²) in [6.07, 6.45) is 0.249. The number of nitrogens with zero attached hydrogens (tertiary/aromatic N) is 1. The Morgan fingerprint density at radius 3 is 2.34 bits per heavy atom. The smallest absolute Gasteiger partial charge is 0.290 e. The minimum absolute atomic E-state index is 0.0995. The van der Waals surface area contributed by atoms with E-state index in [1.807, 2.05) is 45.9 Å². The molecule has 5 nitrogen and oxygen atoms in total. The molecular formula is C24H27NO4. The predicted octanol–water partition coefficient (Wildman–Crippen LogP) is 4.52. The molecule has 1 aliphatic rings. The molecule has 2 aromatic rings. The average molecular weight is 393 g/mol. The van der Waals surface area contributed by atoms with E-state index < -0.39 is 17.7 Å². The summed E-state index contributed by atoms with van der Waals surface area (Å²) in [5, 5.41) is 20.3. The number of aliphatic hydroxyl groups excluding tert-OH is 1. The second-order valence-electron chi connectivity index (χ2n) is 8.14. The molecule has 29 heavy (non-hydrogen) atoms. The molecule has 2 N–H and O–H groups in total. The van der Waals surface area contributed by atoms with Gasteiger partial charge < -0.3 is 15.1 Å². The predicted molar refractivity (Wildman–Crippen MR) is 111 cm³/mol. The molecule has 1 heterocycles. The Kier molecular flexibility index (Phi) is 5.78. The fraction of sp³-hybridized carbons (Fsp3) is 0.333. The maximum absolute atomic E-state index is 13.0. The first-order chi connectivity index (χ1) is 13.7. The van der Waals surface area contributed by atoms with E-state index in [2.05, 4.69) is 0 Å². The first-order valence-corrected chi connectivity index (χ1v) is 9.81. The van der Waals surface area contributed by atoms with Crippen LogP contribution in [-0.4, -0.2) is 26.8 Å². The van der Waals surface area contributed by atoms with Crippen molar-refractivity contribution in [3.05, 3.63) is 76.1 Å². The Bertz CT molecular complexity index is 973. The van der Waals surface area contributed by atoms with Crippen LogP contribution in [0.2, 0.25) is 0 Å². The third-order valence-corrected chi connectivity index (χ3v) is 5.25. The molecule has 2 aromatic carbocycles. The van der Waals surface area contributed by atoms with E-state index in [-0.39, 0.29) is 36.0 Å². The topological polar surface area (TPSA) is 77.8 Å². The van der Waals surface area contributed by atoms with Crippen LogP contribution in [0.4, 0.5) is 0 Å². The van der Waals surface area contributed by atoms with E-state index in [0.717, 1.165) is 16.7 Å². The number of benzene rings is 2. The number of aliphatic hydroxyl groups is 1. The molecule has 1 aliphatic heterocycles. The molecule has 0 aromatic heterocycles. The molecule has 1 amide bonds. The lowest BCUT2D eigenvalue weighted by molar-refractivity contribution is -0.130. The highest BCUT2D eigenvalue weighted by molar-refractivity contribution is 6.09. The summed E-state index contributed by atoms with van der Waals surface area (Å²) in [5.74, 6) is -1.05. The molecule has 0 aliphatic carbocycles. The summed E-state index contributed by atoms with van der Waals surface area (Å²) >= 11 is 0. The Labute approximate surface area is 171 Å². The molecule has 1 unspecified atom stereocenters. The number of carbonyl (C=O) groups is 2. The number of aromatic hydroxyl groups is 1. The van der Waals surface area contributed by atoms with Crippen molar-refractivity contribution in [2.24, 2.45) is 5.92 Å². The van der Waals surface area contributed by atoms with Gasteiger partial charge in [0.2, 0.25) is 0 Å². The molecular weight excluding hydrogens is 366 g/mol. The molecule has 0 saturated heterocycles. The van der Waals surface area contributed by atoms with Gasteiger partial charge in [-0.2, -0.15) is 0 Å². The van der Waals surface area contributed by atoms with Gasteiger partial charge in [-0.1, -0.05) is 49.7 Å². The van der Waals surface area contributed by atoms with Gasteiger partial charge in [-0.15, -0.1) is 0 Å². The van der Waals surface area contributed by atoms with Gasteiger partial charge in [-0.05, 0) is 48.6 Å². The number of rotatable bonds is 6. The number of phenolic OH excluding ortho intramolecular Hbond substituents is 1. The summed E-state index contributed by atoms with van der Waals surface area (Å²) in [6.45, 7) is 8.09. The summed E-state index contributed by atoms with van der Waals surface area (Å²) in [4.78, 5) is 27.4. The highest BCUT2D eigenvalue weighted by Crippen LogP contribution is 2.40. The van der Waals surface area contributed by atoms with Crippen LogP contribution in [0, 0.1) is 19.8 Å². The lowest BCUT2D eigenvalue weighted by Crippen LogP contribution is -2.31. The number of aryl methyl sites for hydroxylation is 2. The molecule has 3 rings (SSSR count). The molecule has 1 atom stereocenters. The van der Waals surface area contributed by atoms with Crippen molar-refractivity contribution in [3.63, 3.8) is 0 Å². The molecule has 0 saturated carbocycles. The summed E-state index contributed by atoms with van der Waals surface area (Å²) < 4.78 is 0. The van der Waals surface area contributed by atoms with E-state index in [0.29, 0.717) is 5.56 Å². The summed E-state index contributed by atoms with van der Waals surface area (Å²) in [6, 6.07) is 11.8. The van der Waals surface area contributed by atoms with Gasteiger partial charge in [0, 0.05) is 13.0 Å². The fourth-order valence-corrected chi connectivity index (χ4v) is 3.74. The molecule has 0 fully saturated rings. The Hall–Kier alpha value is -3.08. The molecule has 0 radical (unpaired) electrons. The van der Waals surface area contributed by atoms with Crippen LogP contribution in [0.25, 0.3) is 0 Å². The Balaban J connectivity index is 2.07. The molecule has 5 heteroatoms. The number of phenols is 1. The summed E-state index contributed by atoms with van der Waals surface area (Å²) in [5.41, 5.74) is 3.89. The lowest BCUT2D eigenvalue weighted by atomic mass is 9.92. The Morgan fingerprint density at radius 2 is 1.72 bits per heavy atom. The minimum atomic E-state index is -0.686. The maximum atomic E-state index is 13.0. The van der Waals surface area contributed by atoms with E-state index in [9.17, 15) is 19.8 Å². The highest BCUT2D eigenvalue weighted by Gasteiger charge is 2.43. The zero-order valence-corrected chi connectivity index (χ0v) is 17.3. The normalized spacial score (nSPS) is 16.8. The van der Waals surface area contributed by atoms with E-state index in [4.69, 9.17) is 0 Å². The van der Waals surface area contributed by atoms with Gasteiger partial charge in [-0.3, -0.25) is 9.59 Å². The quantitative estimate of drug-likeness (QED) is 0.756. The van der Waals surface area contributed by atoms with Crippen molar-refractivity contribution < 1.29 is 19.8 Å². The van der Waals surface area contributed by atoms with Crippen LogP contribution in [0.15, 0.2) is 53.8 Å². The average Bonchev–Trinajstić information content (AvgIpc) is 2.90. The SMILES string of the molecule is Cc1ccc(C)c(CN2C(=O)C(O)=C(C(=O)CC(C)C)C2c2ccc(O)cc2)c1. The van der Waals surface area contributed by atoms with Crippen LogP contribution in [0.1, 0.15) is 48.6 Å². The van der Waals surface area contributed by atoms with Crippen molar-refractivity contribution in [3.8, 4) is 5.75 Å². The fourth-order valence-electron chi connectivity index (χ4n) is 3.74. The van der Waals surface area contributed by atoms with Crippen molar-refractivity contribution in [2.75, 3.05) is 0 Å². The standard InChI is InChI=1S/C24H27NO4/c1-14(2)11-20(27)21-22(17-7-9-19(26)10-8-17)25(24(29)23(21)28)13-18-12-15(3)5-6-16(18)4/h5-10,12,14,22,26,28H,11,13H2,1-4H3. The van der Waals surface area contributed by atoms with Crippen LogP contribution in [-0.2, 0) is 16.1 Å². The van der Waals surface area contributed by atoms with E-state index in [1.54, 1.807) is 12.1 Å². The number of amides is 1. The summed E-state index contributed by atoms with van der Waals surface area (Å²) in [7, 11) is 0. The van der Waals surface area contributed by atoms with Crippen molar-refractivity contribution >= 4 is 11.7 Å².